The minimum absolute atomic E-state index is 0.0204. The van der Waals surface area contributed by atoms with Crippen molar-refractivity contribution in [3.8, 4) is 11.5 Å². The Bertz CT molecular complexity index is 841. The highest BCUT2D eigenvalue weighted by molar-refractivity contribution is 6.07. The molecule has 3 rings (SSSR count). The molecule has 0 spiro atoms. The average Bonchev–Trinajstić information content (AvgIpc) is 3.02. The molecule has 1 aromatic carbocycles. The van der Waals surface area contributed by atoms with Gasteiger partial charge in [0.15, 0.2) is 11.5 Å². The molecule has 0 saturated carbocycles. The predicted octanol–water partition coefficient (Wildman–Crippen LogP) is 3.65. The van der Waals surface area contributed by atoms with Crippen molar-refractivity contribution in [2.75, 3.05) is 7.11 Å². The largest absolute Gasteiger partial charge is 0.423 e. The number of nitrogens with zero attached hydrogens (tertiary/aromatic N) is 1. The topological polar surface area (TPSA) is 83.4 Å². The summed E-state index contributed by atoms with van der Waals surface area (Å²) >= 11 is 0. The Kier molecular flexibility index (Phi) is 6.14. The summed E-state index contributed by atoms with van der Waals surface area (Å²) in [6.45, 7) is 4.64. The van der Waals surface area contributed by atoms with Gasteiger partial charge in [0.05, 0.1) is 17.9 Å². The van der Waals surface area contributed by atoms with Gasteiger partial charge in [-0.2, -0.15) is 0 Å². The zero-order chi connectivity index (χ0) is 20.3. The molecule has 2 aliphatic heterocycles. The highest BCUT2D eigenvalue weighted by Crippen LogP contribution is 2.43. The summed E-state index contributed by atoms with van der Waals surface area (Å²) in [7, 11) is 1.53. The Morgan fingerprint density at radius 2 is 1.86 bits per heavy atom. The summed E-state index contributed by atoms with van der Waals surface area (Å²) in [5.74, 6) is -0.537. The Labute approximate surface area is 164 Å². The lowest BCUT2D eigenvalue weighted by molar-refractivity contribution is -0.134. The summed E-state index contributed by atoms with van der Waals surface area (Å²) in [5.41, 5.74) is 3.87. The number of ether oxygens (including phenoxy) is 3. The molecule has 2 atom stereocenters. The molecule has 2 unspecified atom stereocenters. The third-order valence-electron chi connectivity index (χ3n) is 4.83. The van der Waals surface area contributed by atoms with Gasteiger partial charge in [-0.15, -0.1) is 0 Å². The molecule has 0 N–H and O–H groups in total. The van der Waals surface area contributed by atoms with Crippen LogP contribution in [0.3, 0.4) is 0 Å². The summed E-state index contributed by atoms with van der Waals surface area (Å²) in [5, 5.41) is 4.21. The maximum Gasteiger partial charge on any atom is 0.308 e. The van der Waals surface area contributed by atoms with E-state index in [2.05, 4.69) is 5.16 Å². The molecule has 2 bridgehead atoms. The fraction of sp³-hybridized carbons (Fsp3) is 0.476. The van der Waals surface area contributed by atoms with Crippen LogP contribution >= 0.6 is 0 Å². The van der Waals surface area contributed by atoms with Gasteiger partial charge in [-0.25, -0.2) is 0 Å². The Balaban J connectivity index is 2.11. The van der Waals surface area contributed by atoms with Crippen molar-refractivity contribution in [2.45, 2.75) is 58.7 Å². The van der Waals surface area contributed by atoms with Crippen molar-refractivity contribution in [2.24, 2.45) is 5.16 Å². The monoisotopic (exact) mass is 387 g/mol. The molecule has 1 fully saturated rings. The molecule has 7 heteroatoms. The molecule has 0 aliphatic carbocycles. The van der Waals surface area contributed by atoms with Gasteiger partial charge in [-0.3, -0.25) is 9.59 Å². The van der Waals surface area contributed by atoms with E-state index in [0.717, 1.165) is 41.7 Å². The first-order chi connectivity index (χ1) is 13.4. The van der Waals surface area contributed by atoms with Gasteiger partial charge < -0.3 is 19.0 Å². The van der Waals surface area contributed by atoms with Crippen LogP contribution in [0.2, 0.25) is 0 Å². The number of esters is 2. The van der Waals surface area contributed by atoms with Gasteiger partial charge >= 0.3 is 11.9 Å². The molecule has 150 valence electrons. The zero-order valence-corrected chi connectivity index (χ0v) is 16.6. The van der Waals surface area contributed by atoms with E-state index in [1.165, 1.54) is 21.0 Å². The molecular weight excluding hydrogens is 362 g/mol. The first-order valence-corrected chi connectivity index (χ1v) is 9.43. The Morgan fingerprint density at radius 3 is 2.50 bits per heavy atom. The van der Waals surface area contributed by atoms with Gasteiger partial charge in [-0.05, 0) is 49.0 Å². The Morgan fingerprint density at radius 1 is 1.14 bits per heavy atom. The van der Waals surface area contributed by atoms with E-state index >= 15 is 0 Å². The molecule has 28 heavy (non-hydrogen) atoms. The first-order valence-electron chi connectivity index (χ1n) is 9.43. The summed E-state index contributed by atoms with van der Waals surface area (Å²) in [6, 6.07) is 5.25. The van der Waals surface area contributed by atoms with Crippen molar-refractivity contribution in [1.29, 1.82) is 0 Å². The number of carbonyl (C=O) groups excluding carboxylic acids is 2. The molecule has 2 aliphatic rings. The van der Waals surface area contributed by atoms with Crippen LogP contribution in [0.1, 0.15) is 52.0 Å². The van der Waals surface area contributed by atoms with Crippen LogP contribution < -0.4 is 9.47 Å². The fourth-order valence-corrected chi connectivity index (χ4v) is 3.82. The van der Waals surface area contributed by atoms with E-state index in [1.54, 1.807) is 12.1 Å². The smallest absolute Gasteiger partial charge is 0.308 e. The fourth-order valence-electron chi connectivity index (χ4n) is 3.82. The molecule has 0 amide bonds. The van der Waals surface area contributed by atoms with Crippen LogP contribution in [0.15, 0.2) is 28.9 Å². The maximum absolute atomic E-state index is 11.5. The number of hydrogen-bond donors (Lipinski definition) is 0. The van der Waals surface area contributed by atoms with E-state index in [9.17, 15) is 9.59 Å². The van der Waals surface area contributed by atoms with Crippen molar-refractivity contribution < 1.29 is 28.6 Å². The molecule has 0 aromatic heterocycles. The van der Waals surface area contributed by atoms with Gasteiger partial charge in [0, 0.05) is 19.4 Å². The van der Waals surface area contributed by atoms with Gasteiger partial charge in [0.1, 0.15) is 7.11 Å². The molecule has 0 radical (unpaired) electrons. The predicted molar refractivity (Wildman–Crippen MR) is 103 cm³/mol. The van der Waals surface area contributed by atoms with Gasteiger partial charge in [0.25, 0.3) is 0 Å². The number of benzene rings is 1. The summed E-state index contributed by atoms with van der Waals surface area (Å²) in [4.78, 5) is 27.9. The molecule has 7 nitrogen and oxygen atoms in total. The highest BCUT2D eigenvalue weighted by atomic mass is 16.6. The third-order valence-corrected chi connectivity index (χ3v) is 4.83. The SMILES string of the molecule is CC/C(=N\OC)C1=C(c2ccc(OC(C)=O)c(OC(C)=O)c2)CC2CCC1O2. The number of carbonyl (C=O) groups is 2. The second-order valence-corrected chi connectivity index (χ2v) is 6.84. The van der Waals surface area contributed by atoms with Crippen LogP contribution in [0.5, 0.6) is 11.5 Å². The van der Waals surface area contributed by atoms with E-state index in [0.29, 0.717) is 6.42 Å². The molecule has 1 aromatic rings. The number of oxime groups is 1. The molecule has 2 heterocycles. The minimum atomic E-state index is -0.484. The van der Waals surface area contributed by atoms with Crippen LogP contribution in [0.25, 0.3) is 5.57 Å². The standard InChI is InChI=1S/C21H25NO6/c1-5-17(22-25-4)21-16(11-15-7-9-19(21)28-15)14-6-8-18(26-12(2)23)20(10-14)27-13(3)24/h6,8,10,15,19H,5,7,9,11H2,1-4H3/b22-17+. The normalized spacial score (nSPS) is 21.5. The lowest BCUT2D eigenvalue weighted by Crippen LogP contribution is -2.26. The van der Waals surface area contributed by atoms with Crippen molar-refractivity contribution in [1.82, 2.24) is 0 Å². The zero-order valence-electron chi connectivity index (χ0n) is 16.6. The average molecular weight is 387 g/mol. The summed E-state index contributed by atoms with van der Waals surface area (Å²) < 4.78 is 16.6. The van der Waals surface area contributed by atoms with Gasteiger partial charge in [0.2, 0.25) is 0 Å². The lowest BCUT2D eigenvalue weighted by atomic mass is 9.88. The maximum atomic E-state index is 11.5. The molecule has 1 saturated heterocycles. The second-order valence-electron chi connectivity index (χ2n) is 6.84. The highest BCUT2D eigenvalue weighted by Gasteiger charge is 2.38. The van der Waals surface area contributed by atoms with E-state index in [4.69, 9.17) is 19.0 Å². The van der Waals surface area contributed by atoms with E-state index < -0.39 is 11.9 Å². The summed E-state index contributed by atoms with van der Waals surface area (Å²) in [6.07, 6.45) is 3.52. The first kappa shape index (κ1) is 20.1. The third kappa shape index (κ3) is 4.25. The van der Waals surface area contributed by atoms with Gasteiger partial charge in [-0.1, -0.05) is 18.1 Å². The van der Waals surface area contributed by atoms with Crippen molar-refractivity contribution >= 4 is 23.2 Å². The van der Waals surface area contributed by atoms with Crippen LogP contribution in [-0.4, -0.2) is 37.0 Å². The minimum Gasteiger partial charge on any atom is -0.423 e. The lowest BCUT2D eigenvalue weighted by Gasteiger charge is -2.28. The quantitative estimate of drug-likeness (QED) is 0.321. The van der Waals surface area contributed by atoms with E-state index in [-0.39, 0.29) is 23.7 Å². The number of fused-ring (bicyclic) bond motifs is 2. The molecular formula is C21H25NO6. The number of hydrogen-bond acceptors (Lipinski definition) is 7. The number of rotatable bonds is 6. The van der Waals surface area contributed by atoms with Crippen LogP contribution in [0, 0.1) is 0 Å². The van der Waals surface area contributed by atoms with Crippen LogP contribution in [-0.2, 0) is 19.2 Å². The second kappa shape index (κ2) is 8.56. The Hall–Kier alpha value is -2.67. The van der Waals surface area contributed by atoms with Crippen LogP contribution in [0.4, 0.5) is 0 Å². The van der Waals surface area contributed by atoms with Crippen molar-refractivity contribution in [3.63, 3.8) is 0 Å². The van der Waals surface area contributed by atoms with E-state index in [1.807, 2.05) is 13.0 Å². The van der Waals surface area contributed by atoms with Crippen molar-refractivity contribution in [3.05, 3.63) is 29.3 Å².